The molecular formula is C36H55NO8. The van der Waals surface area contributed by atoms with Gasteiger partial charge in [-0.1, -0.05) is 44.1 Å². The van der Waals surface area contributed by atoms with Gasteiger partial charge in [0.2, 0.25) is 5.91 Å². The Morgan fingerprint density at radius 2 is 1.67 bits per heavy atom. The van der Waals surface area contributed by atoms with Gasteiger partial charge >= 0.3 is 11.9 Å². The molecule has 4 bridgehead atoms. The average molecular weight is 630 g/mol. The van der Waals surface area contributed by atoms with Gasteiger partial charge in [0.1, 0.15) is 6.10 Å². The molecule has 7 unspecified atom stereocenters. The Labute approximate surface area is 269 Å². The van der Waals surface area contributed by atoms with E-state index >= 15 is 0 Å². The standard InChI is InChI=1S/C36H55NO8/c1-26-14-15-27(2)33(12-7-5-4-6-8-13-34(38)37-16-18-42-19-17-37)45-36(40)25-32-22-28(23-35(39)41-3)21-31(44-32)24-30-11-9-10-29(20-26)43-30/h7,12,14-15,23,26-27,29-33H,4-6,8-11,13,16-22,24-25H2,1-3H3/b12-7+,15-14+,28-23-. The topological polar surface area (TPSA) is 101 Å². The smallest absolute Gasteiger partial charge is 0.330 e. The van der Waals surface area contributed by atoms with E-state index in [0.717, 1.165) is 63.4 Å². The second-order valence-electron chi connectivity index (χ2n) is 13.3. The van der Waals surface area contributed by atoms with Crippen LogP contribution in [0.4, 0.5) is 0 Å². The van der Waals surface area contributed by atoms with Gasteiger partial charge in [-0.2, -0.15) is 0 Å². The molecule has 0 aromatic heterocycles. The molecule has 0 radical (unpaired) electrons. The quantitative estimate of drug-likeness (QED) is 0.143. The number of fused-ring (bicyclic) bond motifs is 4. The molecule has 45 heavy (non-hydrogen) atoms. The number of unbranched alkanes of at least 4 members (excludes halogenated alkanes) is 3. The number of methoxy groups -OCH3 is 1. The van der Waals surface area contributed by atoms with Gasteiger partial charge in [-0.25, -0.2) is 4.79 Å². The van der Waals surface area contributed by atoms with Crippen LogP contribution in [0.25, 0.3) is 0 Å². The van der Waals surface area contributed by atoms with E-state index < -0.39 is 6.10 Å². The number of ether oxygens (including phenoxy) is 5. The summed E-state index contributed by atoms with van der Waals surface area (Å²) >= 11 is 0. The Bertz CT molecular complexity index is 1050. The second kappa shape index (κ2) is 18.6. The number of hydrogen-bond acceptors (Lipinski definition) is 8. The van der Waals surface area contributed by atoms with Crippen LogP contribution in [0.2, 0.25) is 0 Å². The van der Waals surface area contributed by atoms with Crippen molar-refractivity contribution in [1.82, 2.24) is 4.90 Å². The van der Waals surface area contributed by atoms with Crippen LogP contribution < -0.4 is 0 Å². The number of amides is 1. The molecule has 9 heteroatoms. The van der Waals surface area contributed by atoms with Crippen molar-refractivity contribution in [3.63, 3.8) is 0 Å². The minimum absolute atomic E-state index is 0.00141. The lowest BCUT2D eigenvalue weighted by atomic mass is 9.89. The third kappa shape index (κ3) is 12.3. The number of nitrogens with zero attached hydrogens (tertiary/aromatic N) is 1. The summed E-state index contributed by atoms with van der Waals surface area (Å²) < 4.78 is 29.3. The van der Waals surface area contributed by atoms with Gasteiger partial charge in [0.15, 0.2) is 0 Å². The highest BCUT2D eigenvalue weighted by Gasteiger charge is 2.33. The average Bonchev–Trinajstić information content (AvgIpc) is 3.02. The lowest BCUT2D eigenvalue weighted by molar-refractivity contribution is -0.154. The van der Waals surface area contributed by atoms with E-state index in [0.29, 0.717) is 51.5 Å². The first-order valence-corrected chi connectivity index (χ1v) is 17.3. The molecule has 0 saturated carbocycles. The largest absolute Gasteiger partial charge is 0.466 e. The summed E-state index contributed by atoms with van der Waals surface area (Å²) in [6, 6.07) is 0. The van der Waals surface area contributed by atoms with Crippen LogP contribution in [0.5, 0.6) is 0 Å². The molecule has 4 rings (SSSR count). The Hall–Kier alpha value is -2.49. The first-order valence-electron chi connectivity index (χ1n) is 17.3. The van der Waals surface area contributed by atoms with Crippen LogP contribution in [0.3, 0.4) is 0 Å². The third-order valence-electron chi connectivity index (χ3n) is 9.36. The molecule has 0 N–H and O–H groups in total. The maximum atomic E-state index is 13.3. The van der Waals surface area contributed by atoms with Crippen molar-refractivity contribution in [3.05, 3.63) is 36.0 Å². The summed E-state index contributed by atoms with van der Waals surface area (Å²) in [5.41, 5.74) is 0.942. The van der Waals surface area contributed by atoms with Crippen LogP contribution in [-0.4, -0.2) is 86.7 Å². The Morgan fingerprint density at radius 3 is 2.44 bits per heavy atom. The van der Waals surface area contributed by atoms with Gasteiger partial charge in [-0.15, -0.1) is 0 Å². The molecule has 4 heterocycles. The molecule has 1 amide bonds. The van der Waals surface area contributed by atoms with Crippen molar-refractivity contribution in [3.8, 4) is 0 Å². The summed E-state index contributed by atoms with van der Waals surface area (Å²) in [4.78, 5) is 39.6. The van der Waals surface area contributed by atoms with Gasteiger partial charge in [0.05, 0.1) is 51.2 Å². The molecule has 4 aliphatic rings. The highest BCUT2D eigenvalue weighted by molar-refractivity contribution is 5.82. The predicted molar refractivity (Wildman–Crippen MR) is 171 cm³/mol. The van der Waals surface area contributed by atoms with Crippen LogP contribution >= 0.6 is 0 Å². The zero-order valence-electron chi connectivity index (χ0n) is 27.7. The number of cyclic esters (lactones) is 1. The van der Waals surface area contributed by atoms with Crippen molar-refractivity contribution >= 4 is 17.8 Å². The van der Waals surface area contributed by atoms with Gasteiger partial charge in [-0.05, 0) is 69.8 Å². The fourth-order valence-corrected chi connectivity index (χ4v) is 6.85. The van der Waals surface area contributed by atoms with Crippen molar-refractivity contribution in [2.45, 2.75) is 128 Å². The monoisotopic (exact) mass is 629 g/mol. The molecule has 3 saturated heterocycles. The molecule has 4 aliphatic heterocycles. The van der Waals surface area contributed by atoms with Gasteiger partial charge in [0.25, 0.3) is 0 Å². The maximum absolute atomic E-state index is 13.3. The highest BCUT2D eigenvalue weighted by atomic mass is 16.6. The first-order chi connectivity index (χ1) is 21.8. The van der Waals surface area contributed by atoms with E-state index in [4.69, 9.17) is 23.7 Å². The zero-order valence-corrected chi connectivity index (χ0v) is 27.7. The molecular weight excluding hydrogens is 574 g/mol. The lowest BCUT2D eigenvalue weighted by Gasteiger charge is -2.37. The Balaban J connectivity index is 1.37. The van der Waals surface area contributed by atoms with E-state index in [-0.39, 0.29) is 54.6 Å². The molecule has 0 aromatic carbocycles. The number of allylic oxidation sites excluding steroid dienone is 2. The SMILES string of the molecule is COC(=O)/C=C1\CC2CC(=O)OC(/C=C/CCCCCC(=O)N3CCOCC3)C(C)/C=C/C(C)CC3CCCC(CC(C1)O2)O3. The van der Waals surface area contributed by atoms with Crippen molar-refractivity contribution < 1.29 is 38.1 Å². The summed E-state index contributed by atoms with van der Waals surface area (Å²) in [6.45, 7) is 6.96. The summed E-state index contributed by atoms with van der Waals surface area (Å²) in [6.07, 6.45) is 19.9. The van der Waals surface area contributed by atoms with Gasteiger partial charge in [-0.3, -0.25) is 9.59 Å². The molecule has 9 nitrogen and oxygen atoms in total. The fraction of sp³-hybridized carbons (Fsp3) is 0.750. The molecule has 0 aliphatic carbocycles. The third-order valence-corrected chi connectivity index (χ3v) is 9.36. The number of rotatable bonds is 8. The zero-order chi connectivity index (χ0) is 32.0. The van der Waals surface area contributed by atoms with E-state index in [1.807, 2.05) is 11.0 Å². The Morgan fingerprint density at radius 1 is 0.933 bits per heavy atom. The van der Waals surface area contributed by atoms with Crippen molar-refractivity contribution in [2.24, 2.45) is 11.8 Å². The van der Waals surface area contributed by atoms with Crippen LogP contribution in [0.15, 0.2) is 36.0 Å². The maximum Gasteiger partial charge on any atom is 0.330 e. The lowest BCUT2D eigenvalue weighted by Crippen LogP contribution is -2.40. The number of esters is 2. The minimum Gasteiger partial charge on any atom is -0.466 e. The van der Waals surface area contributed by atoms with Gasteiger partial charge < -0.3 is 28.6 Å². The number of hydrogen-bond donors (Lipinski definition) is 0. The summed E-state index contributed by atoms with van der Waals surface area (Å²) in [5.74, 6) is -0.121. The van der Waals surface area contributed by atoms with E-state index in [1.165, 1.54) is 7.11 Å². The Kier molecular flexibility index (Phi) is 14.6. The number of morpholine rings is 1. The van der Waals surface area contributed by atoms with Crippen LogP contribution in [0.1, 0.15) is 97.3 Å². The minimum atomic E-state index is -0.392. The first kappa shape index (κ1) is 35.4. The number of carbonyl (C=O) groups excluding carboxylic acids is 3. The van der Waals surface area contributed by atoms with Gasteiger partial charge in [0, 0.05) is 37.9 Å². The van der Waals surface area contributed by atoms with E-state index in [2.05, 4.69) is 32.1 Å². The number of carbonyl (C=O) groups is 3. The van der Waals surface area contributed by atoms with E-state index in [1.54, 1.807) is 6.08 Å². The fourth-order valence-electron chi connectivity index (χ4n) is 6.85. The summed E-state index contributed by atoms with van der Waals surface area (Å²) in [5, 5.41) is 0. The molecule has 0 spiro atoms. The molecule has 0 aromatic rings. The molecule has 3 fully saturated rings. The van der Waals surface area contributed by atoms with Crippen LogP contribution in [-0.2, 0) is 38.1 Å². The second-order valence-corrected chi connectivity index (χ2v) is 13.3. The summed E-state index contributed by atoms with van der Waals surface area (Å²) in [7, 11) is 1.38. The van der Waals surface area contributed by atoms with Crippen molar-refractivity contribution in [1.29, 1.82) is 0 Å². The predicted octanol–water partition coefficient (Wildman–Crippen LogP) is 5.86. The molecule has 7 atom stereocenters. The van der Waals surface area contributed by atoms with Crippen molar-refractivity contribution in [2.75, 3.05) is 33.4 Å². The molecule has 252 valence electrons. The normalized spacial score (nSPS) is 33.5. The van der Waals surface area contributed by atoms with Crippen LogP contribution in [0, 0.1) is 11.8 Å². The van der Waals surface area contributed by atoms with E-state index in [9.17, 15) is 14.4 Å². The highest BCUT2D eigenvalue weighted by Crippen LogP contribution is 2.33.